The van der Waals surface area contributed by atoms with Gasteiger partial charge in [-0.05, 0) is 29.5 Å². The first-order valence-corrected chi connectivity index (χ1v) is 6.70. The van der Waals surface area contributed by atoms with Crippen LogP contribution in [0.25, 0.3) is 0 Å². The molecule has 0 amide bonds. The molecule has 4 nitrogen and oxygen atoms in total. The van der Waals surface area contributed by atoms with E-state index in [9.17, 15) is 31.1 Å². The van der Waals surface area contributed by atoms with Crippen molar-refractivity contribution >= 4 is 28.6 Å². The maximum absolute atomic E-state index is 12.7. The number of hydrogen-bond donors (Lipinski definition) is 0. The van der Waals surface area contributed by atoms with Crippen LogP contribution in [0.3, 0.4) is 0 Å². The van der Waals surface area contributed by atoms with Gasteiger partial charge in [0.25, 0.3) is 0 Å². The van der Waals surface area contributed by atoms with Crippen molar-refractivity contribution in [2.45, 2.75) is 25.9 Å². The Hall–Kier alpha value is -1.27. The molecule has 0 saturated heterocycles. The van der Waals surface area contributed by atoms with Crippen LogP contribution >= 0.6 is 22.6 Å². The van der Waals surface area contributed by atoms with Gasteiger partial charge < -0.3 is 9.47 Å². The molecule has 0 radical (unpaired) electrons. The summed E-state index contributed by atoms with van der Waals surface area (Å²) in [6.07, 6.45) is -10.9. The molecule has 124 valence electrons. The van der Waals surface area contributed by atoms with Gasteiger partial charge in [-0.2, -0.15) is 13.2 Å². The second-order valence-electron chi connectivity index (χ2n) is 3.79. The van der Waals surface area contributed by atoms with E-state index in [1.54, 1.807) is 0 Å². The molecule has 1 heterocycles. The Morgan fingerprint density at radius 2 is 1.86 bits per heavy atom. The van der Waals surface area contributed by atoms with E-state index in [-0.39, 0.29) is 16.2 Å². The number of aromatic nitrogens is 1. The standard InChI is InChI=1S/C11H8F6INO3/c1-2-21-8(20)3-5-9(18)6(22-11(15,16)17)4-7(19-5)10(12,13)14/h4H,2-3H2,1H3. The summed E-state index contributed by atoms with van der Waals surface area (Å²) in [5.41, 5.74) is -2.10. The molecule has 11 heteroatoms. The monoisotopic (exact) mass is 443 g/mol. The third kappa shape index (κ3) is 5.50. The average Bonchev–Trinajstić information content (AvgIpc) is 2.31. The fraction of sp³-hybridized carbons (Fsp3) is 0.455. The number of hydrogen-bond acceptors (Lipinski definition) is 4. The number of ether oxygens (including phenoxy) is 2. The summed E-state index contributed by atoms with van der Waals surface area (Å²) in [5, 5.41) is 0. The first kappa shape index (κ1) is 18.8. The number of pyridine rings is 1. The largest absolute Gasteiger partial charge is 0.573 e. The summed E-state index contributed by atoms with van der Waals surface area (Å²) in [4.78, 5) is 14.5. The van der Waals surface area contributed by atoms with Crippen LogP contribution in [0.2, 0.25) is 0 Å². The molecule has 1 aromatic rings. The van der Waals surface area contributed by atoms with E-state index in [1.807, 2.05) is 0 Å². The Labute approximate surface area is 133 Å². The van der Waals surface area contributed by atoms with E-state index in [0.29, 0.717) is 0 Å². The van der Waals surface area contributed by atoms with E-state index in [4.69, 9.17) is 0 Å². The number of nitrogens with zero attached hydrogens (tertiary/aromatic N) is 1. The Bertz CT molecular complexity index is 558. The fourth-order valence-electron chi connectivity index (χ4n) is 1.37. The summed E-state index contributed by atoms with van der Waals surface area (Å²) in [7, 11) is 0. The molecule has 0 aliphatic heterocycles. The Kier molecular flexibility index (Phi) is 5.87. The molecule has 0 bridgehead atoms. The van der Waals surface area contributed by atoms with Crippen LogP contribution in [-0.2, 0) is 22.1 Å². The Balaban J connectivity index is 3.30. The minimum atomic E-state index is -5.18. The highest BCUT2D eigenvalue weighted by Gasteiger charge is 2.37. The van der Waals surface area contributed by atoms with Crippen molar-refractivity contribution in [2.24, 2.45) is 0 Å². The SMILES string of the molecule is CCOC(=O)Cc1nc(C(F)(F)F)cc(OC(F)(F)F)c1I. The molecule has 0 unspecified atom stereocenters. The van der Waals surface area contributed by atoms with Gasteiger partial charge >= 0.3 is 18.5 Å². The number of carbonyl (C=O) groups is 1. The van der Waals surface area contributed by atoms with E-state index in [2.05, 4.69) is 14.5 Å². The lowest BCUT2D eigenvalue weighted by Gasteiger charge is -2.15. The number of alkyl halides is 6. The maximum atomic E-state index is 12.7. The lowest BCUT2D eigenvalue weighted by atomic mass is 10.2. The quantitative estimate of drug-likeness (QED) is 0.405. The Morgan fingerprint density at radius 1 is 1.27 bits per heavy atom. The summed E-state index contributed by atoms with van der Waals surface area (Å²) in [6.45, 7) is 1.45. The second-order valence-corrected chi connectivity index (χ2v) is 4.87. The van der Waals surface area contributed by atoms with Crippen molar-refractivity contribution in [3.63, 3.8) is 0 Å². The molecule has 0 aliphatic rings. The van der Waals surface area contributed by atoms with Crippen LogP contribution in [0.15, 0.2) is 6.07 Å². The molecular formula is C11H8F6INO3. The van der Waals surface area contributed by atoms with Gasteiger partial charge in [0, 0.05) is 6.07 Å². The zero-order valence-electron chi connectivity index (χ0n) is 10.8. The molecule has 1 rings (SSSR count). The van der Waals surface area contributed by atoms with Crippen molar-refractivity contribution < 1.29 is 40.6 Å². The van der Waals surface area contributed by atoms with Crippen LogP contribution in [0.4, 0.5) is 26.3 Å². The summed E-state index contributed by atoms with van der Waals surface area (Å²) >= 11 is 1.32. The van der Waals surface area contributed by atoms with Crippen molar-refractivity contribution in [1.29, 1.82) is 0 Å². The lowest BCUT2D eigenvalue weighted by Crippen LogP contribution is -2.21. The summed E-state index contributed by atoms with van der Waals surface area (Å²) in [5.74, 6) is -1.99. The minimum absolute atomic E-state index is 0.0275. The topological polar surface area (TPSA) is 48.4 Å². The molecule has 0 fully saturated rings. The normalized spacial score (nSPS) is 12.2. The van der Waals surface area contributed by atoms with Gasteiger partial charge in [0.15, 0.2) is 0 Å². The van der Waals surface area contributed by atoms with Crippen molar-refractivity contribution in [2.75, 3.05) is 6.61 Å². The maximum Gasteiger partial charge on any atom is 0.573 e. The molecule has 0 saturated carbocycles. The third-order valence-corrected chi connectivity index (χ3v) is 3.28. The highest BCUT2D eigenvalue weighted by Crippen LogP contribution is 2.36. The van der Waals surface area contributed by atoms with Crippen molar-refractivity contribution in [3.8, 4) is 5.75 Å². The van der Waals surface area contributed by atoms with Gasteiger partial charge in [0.1, 0.15) is 11.4 Å². The minimum Gasteiger partial charge on any atom is -0.466 e. The fourth-order valence-corrected chi connectivity index (χ4v) is 1.94. The second kappa shape index (κ2) is 6.87. The van der Waals surface area contributed by atoms with E-state index < -0.39 is 42.1 Å². The Morgan fingerprint density at radius 3 is 2.32 bits per heavy atom. The van der Waals surface area contributed by atoms with Gasteiger partial charge in [-0.15, -0.1) is 13.2 Å². The molecular weight excluding hydrogens is 435 g/mol. The zero-order chi connectivity index (χ0) is 17.1. The number of esters is 1. The first-order chi connectivity index (χ1) is 9.94. The molecule has 0 atom stereocenters. The van der Waals surface area contributed by atoms with Crippen LogP contribution in [0, 0.1) is 3.57 Å². The van der Waals surface area contributed by atoms with Crippen molar-refractivity contribution in [3.05, 3.63) is 21.0 Å². The first-order valence-electron chi connectivity index (χ1n) is 5.62. The predicted octanol–water partition coefficient (Wildman–Crippen LogP) is 3.71. The molecule has 0 aliphatic carbocycles. The number of carbonyl (C=O) groups excluding carboxylic acids is 1. The molecule has 0 spiro atoms. The van der Waals surface area contributed by atoms with Gasteiger partial charge in [-0.1, -0.05) is 0 Å². The van der Waals surface area contributed by atoms with Crippen LogP contribution in [0.5, 0.6) is 5.75 Å². The lowest BCUT2D eigenvalue weighted by molar-refractivity contribution is -0.275. The highest BCUT2D eigenvalue weighted by molar-refractivity contribution is 14.1. The zero-order valence-corrected chi connectivity index (χ0v) is 13.0. The summed E-state index contributed by atoms with van der Waals surface area (Å²) in [6, 6.07) is 0.129. The average molecular weight is 443 g/mol. The van der Waals surface area contributed by atoms with E-state index in [0.717, 1.165) is 0 Å². The van der Waals surface area contributed by atoms with E-state index >= 15 is 0 Å². The van der Waals surface area contributed by atoms with Crippen LogP contribution in [-0.4, -0.2) is 23.9 Å². The van der Waals surface area contributed by atoms with E-state index in [1.165, 1.54) is 29.5 Å². The summed E-state index contributed by atoms with van der Waals surface area (Å²) < 4.78 is 82.5. The molecule has 0 aromatic carbocycles. The van der Waals surface area contributed by atoms with Gasteiger partial charge in [-0.25, -0.2) is 4.98 Å². The van der Waals surface area contributed by atoms with Gasteiger partial charge in [0.2, 0.25) is 0 Å². The third-order valence-electron chi connectivity index (χ3n) is 2.13. The van der Waals surface area contributed by atoms with Crippen molar-refractivity contribution in [1.82, 2.24) is 4.98 Å². The van der Waals surface area contributed by atoms with Gasteiger partial charge in [-0.3, -0.25) is 4.79 Å². The number of rotatable bonds is 4. The molecule has 0 N–H and O–H groups in total. The van der Waals surface area contributed by atoms with Crippen LogP contribution in [0.1, 0.15) is 18.3 Å². The van der Waals surface area contributed by atoms with Crippen LogP contribution < -0.4 is 4.74 Å². The predicted molar refractivity (Wildman–Crippen MR) is 69.0 cm³/mol. The molecule has 22 heavy (non-hydrogen) atoms. The molecule has 1 aromatic heterocycles. The van der Waals surface area contributed by atoms with Gasteiger partial charge in [0.05, 0.1) is 22.3 Å². The smallest absolute Gasteiger partial charge is 0.466 e. The highest BCUT2D eigenvalue weighted by atomic mass is 127. The number of halogens is 7.